The van der Waals surface area contributed by atoms with E-state index in [4.69, 9.17) is 29.3 Å². The zero-order valence-electron chi connectivity index (χ0n) is 41.9. The maximum absolute atomic E-state index is 12.8. The van der Waals surface area contributed by atoms with E-state index in [1.165, 1.54) is 11.3 Å². The summed E-state index contributed by atoms with van der Waals surface area (Å²) in [5.41, 5.74) is 28.3. The van der Waals surface area contributed by atoms with Gasteiger partial charge >= 0.3 is 0 Å². The molecule has 7 rings (SSSR count). The quantitative estimate of drug-likeness (QED) is 0.00937. The molecule has 71 heavy (non-hydrogen) atoms. The Kier molecular flexibility index (Phi) is 19.3. The van der Waals surface area contributed by atoms with Gasteiger partial charge in [0.25, 0.3) is 11.8 Å². The molecule has 1 aromatic heterocycles. The number of amides is 2. The van der Waals surface area contributed by atoms with Gasteiger partial charge in [-0.2, -0.15) is 0 Å². The highest BCUT2D eigenvalue weighted by Crippen LogP contribution is 2.27. The van der Waals surface area contributed by atoms with Gasteiger partial charge in [0.05, 0.1) is 0 Å². The molecule has 12 nitrogen and oxygen atoms in total. The zero-order chi connectivity index (χ0) is 50.7. The second-order valence-corrected chi connectivity index (χ2v) is 18.1. The van der Waals surface area contributed by atoms with Gasteiger partial charge in [0.15, 0.2) is 5.69 Å². The SMILES string of the molecule is C#C[NH2+]c1cc(N)c(C)cc1N=C.C#C[n+]1c2cc(N)c(C)cc2nc2cc(C)c(NCCCCCCNC(=O)c3ccc(-c4ccc(C(=O)NCCCCCCNC5=CCCC=C5C)cc4)cc3)cc21. The highest BCUT2D eigenvalue weighted by Gasteiger charge is 2.19. The van der Waals surface area contributed by atoms with Crippen LogP contribution in [-0.4, -0.2) is 49.7 Å². The molecule has 366 valence electrons. The van der Waals surface area contributed by atoms with Gasteiger partial charge in [-0.25, -0.2) is 10.3 Å². The minimum absolute atomic E-state index is 0.0488. The summed E-state index contributed by atoms with van der Waals surface area (Å²) in [7, 11) is 0. The van der Waals surface area contributed by atoms with E-state index in [9.17, 15) is 9.59 Å². The van der Waals surface area contributed by atoms with Crippen LogP contribution >= 0.6 is 0 Å². The second-order valence-electron chi connectivity index (χ2n) is 18.1. The number of carbonyl (C=O) groups excluding carboxylic acids is 2. The molecule has 0 radical (unpaired) electrons. The van der Waals surface area contributed by atoms with Crippen LogP contribution in [0.3, 0.4) is 0 Å². The standard InChI is InChI=1S/C49H57N7O2.C10H11N3/c1-5-56-46-32-41(50)35(3)30-44(46)55-45-31-36(4)43(33-47(45)56)52-27-13-7-9-15-29-54-49(58)40-24-20-38(21-25-40)37-18-22-39(23-19-37)48(57)53-28-14-8-6-12-26-51-42-17-11-10-16-34(42)2;1-4-13-10-6-8(11)7(2)5-9(10)12-3/h1,16-25,30-33,51H,6-15,26-29H2,2-4H3,(H4,50,52,53,54,57,58);1,5-6,13H,3,11H2,2H3/p+2. The molecule has 0 fully saturated rings. The number of nitrogen functional groups attached to an aromatic ring is 2. The van der Waals surface area contributed by atoms with Crippen molar-refractivity contribution in [3.63, 3.8) is 0 Å². The maximum atomic E-state index is 12.8. The molecule has 2 amide bonds. The number of rotatable bonds is 21. The van der Waals surface area contributed by atoms with E-state index in [0.29, 0.717) is 35.6 Å². The van der Waals surface area contributed by atoms with E-state index in [-0.39, 0.29) is 11.8 Å². The van der Waals surface area contributed by atoms with E-state index in [2.05, 4.69) is 83.2 Å². The molecule has 0 saturated carbocycles. The Balaban J connectivity index is 0.000000550. The Hall–Kier alpha value is -7.93. The molecule has 12 heteroatoms. The fraction of sp³-hybridized carbons (Fsp3) is 0.305. The number of carbonyl (C=O) groups is 2. The van der Waals surface area contributed by atoms with Crippen molar-refractivity contribution in [2.75, 3.05) is 43.0 Å². The Bertz CT molecular complexity index is 2990. The third-order valence-corrected chi connectivity index (χ3v) is 12.8. The van der Waals surface area contributed by atoms with Crippen LogP contribution in [0.25, 0.3) is 33.2 Å². The van der Waals surface area contributed by atoms with Gasteiger partial charge in [-0.3, -0.25) is 14.6 Å². The van der Waals surface area contributed by atoms with Crippen LogP contribution in [0.5, 0.6) is 0 Å². The minimum atomic E-state index is -0.0717. The van der Waals surface area contributed by atoms with E-state index in [0.717, 1.165) is 144 Å². The molecule has 1 heterocycles. The molecule has 0 unspecified atom stereocenters. The number of benzene rings is 5. The third-order valence-electron chi connectivity index (χ3n) is 12.8. The molecule has 1 aliphatic carbocycles. The number of allylic oxidation sites excluding steroid dienone is 3. The van der Waals surface area contributed by atoms with E-state index in [1.54, 1.807) is 11.4 Å². The van der Waals surface area contributed by atoms with E-state index in [1.807, 2.05) is 85.1 Å². The number of nitrogens with two attached hydrogens (primary N) is 3. The van der Waals surface area contributed by atoms with Crippen molar-refractivity contribution in [3.05, 3.63) is 136 Å². The monoisotopic (exact) mass is 951 g/mol. The number of nitrogens with zero attached hydrogens (tertiary/aromatic N) is 3. The highest BCUT2D eigenvalue weighted by molar-refractivity contribution is 5.96. The van der Waals surface area contributed by atoms with Crippen molar-refractivity contribution in [3.8, 4) is 36.1 Å². The summed E-state index contributed by atoms with van der Waals surface area (Å²) in [5.74, 6) is -0.121. The first-order valence-corrected chi connectivity index (χ1v) is 24.7. The Labute approximate surface area is 419 Å². The van der Waals surface area contributed by atoms with Gasteiger partial charge in [0, 0.05) is 78.3 Å². The minimum Gasteiger partial charge on any atom is -0.398 e. The molecule has 0 bridgehead atoms. The summed E-state index contributed by atoms with van der Waals surface area (Å²) < 4.78 is 1.82. The van der Waals surface area contributed by atoms with Crippen molar-refractivity contribution in [1.29, 1.82) is 0 Å². The first kappa shape index (κ1) is 52.4. The Morgan fingerprint density at radius 1 is 0.662 bits per heavy atom. The molecule has 5 aromatic carbocycles. The van der Waals surface area contributed by atoms with Crippen LogP contribution in [0.15, 0.2) is 113 Å². The molecule has 0 saturated heterocycles. The predicted octanol–water partition coefficient (Wildman–Crippen LogP) is 9.58. The summed E-state index contributed by atoms with van der Waals surface area (Å²) in [6.45, 7) is 14.7. The van der Waals surface area contributed by atoms with E-state index >= 15 is 0 Å². The van der Waals surface area contributed by atoms with Gasteiger partial charge in [-0.15, -0.1) is 4.57 Å². The largest absolute Gasteiger partial charge is 0.398 e. The summed E-state index contributed by atoms with van der Waals surface area (Å²) in [6.07, 6.45) is 26.3. The second kappa shape index (κ2) is 26.2. The number of hydrogen-bond acceptors (Lipinski definition) is 8. The number of nitrogens with one attached hydrogen (secondary N) is 4. The van der Waals surface area contributed by atoms with Crippen LogP contribution in [-0.2, 0) is 0 Å². The molecule has 0 aliphatic heterocycles. The van der Waals surface area contributed by atoms with Crippen LogP contribution in [0.4, 0.5) is 28.4 Å². The van der Waals surface area contributed by atoms with Crippen LogP contribution in [0, 0.1) is 45.7 Å². The van der Waals surface area contributed by atoms with Crippen LogP contribution in [0.1, 0.15) is 109 Å². The number of aromatic nitrogens is 2. The fourth-order valence-corrected chi connectivity index (χ4v) is 8.47. The smallest absolute Gasteiger partial charge is 0.251 e. The number of fused-ring (bicyclic) bond motifs is 2. The van der Waals surface area contributed by atoms with Crippen molar-refractivity contribution in [1.82, 2.24) is 20.9 Å². The zero-order valence-corrected chi connectivity index (χ0v) is 41.9. The number of anilines is 3. The van der Waals surface area contributed by atoms with Gasteiger partial charge in [0.2, 0.25) is 17.1 Å². The molecular weight excluding hydrogens is 881 g/mol. The van der Waals surface area contributed by atoms with Crippen LogP contribution < -0.4 is 42.6 Å². The molecule has 10 N–H and O–H groups in total. The summed E-state index contributed by atoms with van der Waals surface area (Å²) >= 11 is 0. The van der Waals surface area contributed by atoms with Gasteiger partial charge < -0.3 is 32.7 Å². The van der Waals surface area contributed by atoms with Gasteiger partial charge in [-0.05, 0) is 155 Å². The summed E-state index contributed by atoms with van der Waals surface area (Å²) in [5, 5.41) is 14.9. The summed E-state index contributed by atoms with van der Waals surface area (Å²) in [6, 6.07) is 32.2. The number of aryl methyl sites for hydroxylation is 3. The summed E-state index contributed by atoms with van der Waals surface area (Å²) in [4.78, 5) is 34.3. The van der Waals surface area contributed by atoms with Crippen LogP contribution in [0.2, 0.25) is 0 Å². The predicted molar refractivity (Wildman–Crippen MR) is 294 cm³/mol. The van der Waals surface area contributed by atoms with Crippen molar-refractivity contribution in [2.24, 2.45) is 4.99 Å². The number of aliphatic imine (C=N–C) groups is 1. The molecule has 6 aromatic rings. The highest BCUT2D eigenvalue weighted by atomic mass is 16.2. The van der Waals surface area contributed by atoms with Crippen molar-refractivity contribution < 1.29 is 19.5 Å². The average Bonchev–Trinajstić information content (AvgIpc) is 3.37. The third kappa shape index (κ3) is 14.6. The number of quaternary nitrogens is 1. The molecule has 1 aliphatic rings. The Morgan fingerprint density at radius 3 is 1.72 bits per heavy atom. The first-order chi connectivity index (χ1) is 34.4. The normalized spacial score (nSPS) is 11.9. The number of unbranched alkanes of at least 4 members (excludes halogenated alkanes) is 6. The molecular formula is C59H70N10O2+2. The topological polar surface area (TPSA) is 180 Å². The van der Waals surface area contributed by atoms with Crippen molar-refractivity contribution >= 4 is 69.0 Å². The maximum Gasteiger partial charge on any atom is 0.251 e. The van der Waals surface area contributed by atoms with Gasteiger partial charge in [0.1, 0.15) is 22.8 Å². The molecule has 0 spiro atoms. The lowest BCUT2D eigenvalue weighted by Crippen LogP contribution is -2.71. The average molecular weight is 951 g/mol. The van der Waals surface area contributed by atoms with Gasteiger partial charge in [-0.1, -0.05) is 68.5 Å². The first-order valence-electron chi connectivity index (χ1n) is 24.7. The lowest BCUT2D eigenvalue weighted by molar-refractivity contribution is -0.524. The Morgan fingerprint density at radius 2 is 1.17 bits per heavy atom. The number of terminal acetylenes is 2. The fourth-order valence-electron chi connectivity index (χ4n) is 8.47. The number of hydrogen-bond donors (Lipinski definition) is 7. The lowest BCUT2D eigenvalue weighted by Gasteiger charge is -2.15. The molecule has 0 atom stereocenters. The lowest BCUT2D eigenvalue weighted by atomic mass is 10.0. The van der Waals surface area contributed by atoms with E-state index < -0.39 is 0 Å². The van der Waals surface area contributed by atoms with Crippen molar-refractivity contribution in [2.45, 2.75) is 91.9 Å².